The first kappa shape index (κ1) is 9.97. The number of esters is 1. The van der Waals surface area contributed by atoms with Gasteiger partial charge in [0.1, 0.15) is 6.10 Å². The third-order valence-electron chi connectivity index (χ3n) is 3.40. The molecule has 0 N–H and O–H groups in total. The number of carbonyl (C=O) groups is 1. The monoisotopic (exact) mass is 197 g/mol. The number of likely N-dealkylation sites (tertiary alicyclic amines) is 1. The molecular formula is C11H19NO2. The van der Waals surface area contributed by atoms with Crippen molar-refractivity contribution in [2.75, 3.05) is 13.1 Å². The van der Waals surface area contributed by atoms with E-state index in [-0.39, 0.29) is 12.1 Å². The van der Waals surface area contributed by atoms with E-state index < -0.39 is 0 Å². The summed E-state index contributed by atoms with van der Waals surface area (Å²) in [6.07, 6.45) is 6.38. The second-order valence-corrected chi connectivity index (χ2v) is 4.43. The van der Waals surface area contributed by atoms with E-state index in [1.807, 2.05) is 0 Å². The lowest BCUT2D eigenvalue weighted by Crippen LogP contribution is -2.46. The largest absolute Gasteiger partial charge is 0.462 e. The SMILES string of the molecule is CC(=O)OC1CCN(C2CCC2)CC1. The zero-order chi connectivity index (χ0) is 9.97. The quantitative estimate of drug-likeness (QED) is 0.629. The maximum absolute atomic E-state index is 10.8. The molecule has 14 heavy (non-hydrogen) atoms. The molecule has 0 radical (unpaired) electrons. The number of carbonyl (C=O) groups excluding carboxylic acids is 1. The molecule has 0 spiro atoms. The number of hydrogen-bond donors (Lipinski definition) is 0. The van der Waals surface area contributed by atoms with E-state index in [2.05, 4.69) is 4.90 Å². The lowest BCUT2D eigenvalue weighted by atomic mass is 9.90. The van der Waals surface area contributed by atoms with Gasteiger partial charge in [-0.05, 0) is 25.7 Å². The van der Waals surface area contributed by atoms with Crippen molar-refractivity contribution in [3.63, 3.8) is 0 Å². The third-order valence-corrected chi connectivity index (χ3v) is 3.40. The summed E-state index contributed by atoms with van der Waals surface area (Å²) in [5, 5.41) is 0. The Hall–Kier alpha value is -0.570. The van der Waals surface area contributed by atoms with Crippen LogP contribution < -0.4 is 0 Å². The van der Waals surface area contributed by atoms with Crippen LogP contribution in [0.15, 0.2) is 0 Å². The highest BCUT2D eigenvalue weighted by atomic mass is 16.5. The molecule has 1 aliphatic heterocycles. The molecule has 0 aromatic heterocycles. The van der Waals surface area contributed by atoms with E-state index in [1.165, 1.54) is 26.2 Å². The topological polar surface area (TPSA) is 29.5 Å². The van der Waals surface area contributed by atoms with Crippen LogP contribution in [-0.2, 0) is 9.53 Å². The van der Waals surface area contributed by atoms with E-state index in [4.69, 9.17) is 4.74 Å². The van der Waals surface area contributed by atoms with E-state index in [0.29, 0.717) is 0 Å². The van der Waals surface area contributed by atoms with Crippen molar-refractivity contribution in [1.29, 1.82) is 0 Å². The van der Waals surface area contributed by atoms with Crippen molar-refractivity contribution in [2.45, 2.75) is 51.2 Å². The van der Waals surface area contributed by atoms with Gasteiger partial charge in [-0.15, -0.1) is 0 Å². The summed E-state index contributed by atoms with van der Waals surface area (Å²) in [4.78, 5) is 13.3. The molecule has 3 heteroatoms. The molecule has 0 bridgehead atoms. The van der Waals surface area contributed by atoms with Crippen LogP contribution in [0.4, 0.5) is 0 Å². The van der Waals surface area contributed by atoms with Crippen molar-refractivity contribution in [2.24, 2.45) is 0 Å². The van der Waals surface area contributed by atoms with Crippen LogP contribution in [0.2, 0.25) is 0 Å². The van der Waals surface area contributed by atoms with E-state index >= 15 is 0 Å². The molecule has 2 aliphatic rings. The van der Waals surface area contributed by atoms with Crippen molar-refractivity contribution in [3.8, 4) is 0 Å². The predicted molar refractivity (Wildman–Crippen MR) is 54.0 cm³/mol. The van der Waals surface area contributed by atoms with Gasteiger partial charge in [-0.25, -0.2) is 0 Å². The Morgan fingerprint density at radius 2 is 1.86 bits per heavy atom. The van der Waals surface area contributed by atoms with Gasteiger partial charge in [0.15, 0.2) is 0 Å². The van der Waals surface area contributed by atoms with Gasteiger partial charge in [0, 0.05) is 26.1 Å². The fourth-order valence-corrected chi connectivity index (χ4v) is 2.35. The fourth-order valence-electron chi connectivity index (χ4n) is 2.35. The summed E-state index contributed by atoms with van der Waals surface area (Å²) in [6.45, 7) is 3.73. The highest BCUT2D eigenvalue weighted by molar-refractivity contribution is 5.66. The molecule has 0 amide bonds. The van der Waals surface area contributed by atoms with Crippen LogP contribution in [0.3, 0.4) is 0 Å². The summed E-state index contributed by atoms with van der Waals surface area (Å²) >= 11 is 0. The molecule has 2 fully saturated rings. The first-order chi connectivity index (χ1) is 6.75. The molecule has 0 unspecified atom stereocenters. The van der Waals surface area contributed by atoms with Gasteiger partial charge >= 0.3 is 5.97 Å². The minimum absolute atomic E-state index is 0.132. The summed E-state index contributed by atoms with van der Waals surface area (Å²) in [5.41, 5.74) is 0. The molecule has 0 aromatic carbocycles. The van der Waals surface area contributed by atoms with Crippen molar-refractivity contribution < 1.29 is 9.53 Å². The molecule has 1 saturated carbocycles. The molecular weight excluding hydrogens is 178 g/mol. The fraction of sp³-hybridized carbons (Fsp3) is 0.909. The van der Waals surface area contributed by atoms with E-state index in [9.17, 15) is 4.79 Å². The number of hydrogen-bond acceptors (Lipinski definition) is 3. The number of nitrogens with zero attached hydrogens (tertiary/aromatic N) is 1. The van der Waals surface area contributed by atoms with Crippen LogP contribution in [0.25, 0.3) is 0 Å². The van der Waals surface area contributed by atoms with Gasteiger partial charge in [-0.1, -0.05) is 6.42 Å². The van der Waals surface area contributed by atoms with E-state index in [0.717, 1.165) is 32.0 Å². The first-order valence-electron chi connectivity index (χ1n) is 5.67. The molecule has 1 heterocycles. The highest BCUT2D eigenvalue weighted by Gasteiger charge is 2.29. The Labute approximate surface area is 85.4 Å². The number of ether oxygens (including phenoxy) is 1. The Morgan fingerprint density at radius 1 is 1.21 bits per heavy atom. The molecule has 3 nitrogen and oxygen atoms in total. The smallest absolute Gasteiger partial charge is 0.302 e. The summed E-state index contributed by atoms with van der Waals surface area (Å²) in [5.74, 6) is -0.132. The Kier molecular flexibility index (Phi) is 3.06. The Morgan fingerprint density at radius 3 is 2.29 bits per heavy atom. The highest BCUT2D eigenvalue weighted by Crippen LogP contribution is 2.27. The van der Waals surface area contributed by atoms with Gasteiger partial charge in [-0.3, -0.25) is 4.79 Å². The van der Waals surface area contributed by atoms with Gasteiger partial charge < -0.3 is 9.64 Å². The first-order valence-corrected chi connectivity index (χ1v) is 5.67. The second-order valence-electron chi connectivity index (χ2n) is 4.43. The van der Waals surface area contributed by atoms with Crippen LogP contribution >= 0.6 is 0 Å². The average molecular weight is 197 g/mol. The minimum Gasteiger partial charge on any atom is -0.462 e. The van der Waals surface area contributed by atoms with E-state index in [1.54, 1.807) is 0 Å². The zero-order valence-electron chi connectivity index (χ0n) is 8.87. The predicted octanol–water partition coefficient (Wildman–Crippen LogP) is 1.57. The van der Waals surface area contributed by atoms with Crippen molar-refractivity contribution in [1.82, 2.24) is 4.90 Å². The lowest BCUT2D eigenvalue weighted by molar-refractivity contribution is -0.148. The molecule has 1 aliphatic carbocycles. The molecule has 2 rings (SSSR count). The normalized spacial score (nSPS) is 25.8. The molecule has 1 saturated heterocycles. The van der Waals surface area contributed by atoms with Gasteiger partial charge in [0.05, 0.1) is 0 Å². The summed E-state index contributed by atoms with van der Waals surface area (Å²) in [6, 6.07) is 0.841. The minimum atomic E-state index is -0.132. The summed E-state index contributed by atoms with van der Waals surface area (Å²) in [7, 11) is 0. The molecule has 0 aromatic rings. The molecule has 80 valence electrons. The van der Waals surface area contributed by atoms with Crippen LogP contribution in [0.1, 0.15) is 39.0 Å². The lowest BCUT2D eigenvalue weighted by Gasteiger charge is -2.41. The second kappa shape index (κ2) is 4.30. The van der Waals surface area contributed by atoms with Crippen LogP contribution in [-0.4, -0.2) is 36.1 Å². The standard InChI is InChI=1S/C11H19NO2/c1-9(13)14-11-5-7-12(8-6-11)10-3-2-4-10/h10-11H,2-8H2,1H3. The average Bonchev–Trinajstić information content (AvgIpc) is 2.04. The summed E-state index contributed by atoms with van der Waals surface area (Å²) < 4.78 is 5.21. The Balaban J connectivity index is 1.71. The van der Waals surface area contributed by atoms with Crippen LogP contribution in [0, 0.1) is 0 Å². The van der Waals surface area contributed by atoms with Crippen LogP contribution in [0.5, 0.6) is 0 Å². The number of rotatable bonds is 2. The number of piperidine rings is 1. The van der Waals surface area contributed by atoms with Gasteiger partial charge in [-0.2, -0.15) is 0 Å². The maximum atomic E-state index is 10.8. The Bertz CT molecular complexity index is 205. The van der Waals surface area contributed by atoms with Crippen molar-refractivity contribution >= 4 is 5.97 Å². The zero-order valence-corrected chi connectivity index (χ0v) is 8.87. The van der Waals surface area contributed by atoms with Crippen molar-refractivity contribution in [3.05, 3.63) is 0 Å². The third kappa shape index (κ3) is 2.27. The van der Waals surface area contributed by atoms with Gasteiger partial charge in [0.2, 0.25) is 0 Å². The maximum Gasteiger partial charge on any atom is 0.302 e. The van der Waals surface area contributed by atoms with Gasteiger partial charge in [0.25, 0.3) is 0 Å². The molecule has 0 atom stereocenters.